The lowest BCUT2D eigenvalue weighted by atomic mass is 9.41. The van der Waals surface area contributed by atoms with Gasteiger partial charge in [0, 0.05) is 6.42 Å². The Hall–Kier alpha value is -0.630. The molecule has 0 saturated heterocycles. The van der Waals surface area contributed by atoms with Crippen molar-refractivity contribution < 1.29 is 9.90 Å². The fourth-order valence-corrected chi connectivity index (χ4v) is 9.41. The number of hydrogen-bond donors (Lipinski definition) is 1. The topological polar surface area (TPSA) is 37.3 Å². The van der Waals surface area contributed by atoms with E-state index in [0.29, 0.717) is 29.5 Å². The van der Waals surface area contributed by atoms with Crippen molar-refractivity contribution in [3.63, 3.8) is 0 Å². The van der Waals surface area contributed by atoms with Gasteiger partial charge in [-0.1, -0.05) is 79.4 Å². The zero-order valence-electron chi connectivity index (χ0n) is 22.3. The van der Waals surface area contributed by atoms with E-state index in [0.717, 1.165) is 31.6 Å². The molecule has 0 spiro atoms. The molecule has 4 aliphatic rings. The molecule has 0 amide bonds. The molecule has 2 nitrogen and oxygen atoms in total. The Morgan fingerprint density at radius 2 is 1.72 bits per heavy atom. The van der Waals surface area contributed by atoms with E-state index in [9.17, 15) is 9.90 Å². The van der Waals surface area contributed by atoms with Crippen LogP contribution in [-0.2, 0) is 4.79 Å². The third-order valence-electron chi connectivity index (χ3n) is 11.8. The molecule has 4 rings (SSSR count). The molecule has 8 atom stereocenters. The van der Waals surface area contributed by atoms with Gasteiger partial charge < -0.3 is 5.11 Å². The SMILES string of the molecule is CC(C)CCC[C@@H](C)[C@H]1CC(=O)[C@@]2(C)C3=CCC4C(C)(C)[C@@H](O)CC[C@]4(C)[C@H]3CC[C@]12C. The molecule has 0 radical (unpaired) electrons. The first-order valence-corrected chi connectivity index (χ1v) is 13.7. The first kappa shape index (κ1) is 24.5. The lowest BCUT2D eigenvalue weighted by Gasteiger charge is -2.63. The summed E-state index contributed by atoms with van der Waals surface area (Å²) in [7, 11) is 0. The summed E-state index contributed by atoms with van der Waals surface area (Å²) in [6.45, 7) is 18.9. The van der Waals surface area contributed by atoms with Gasteiger partial charge in [0.2, 0.25) is 0 Å². The number of carbonyl (C=O) groups is 1. The molecule has 3 saturated carbocycles. The van der Waals surface area contributed by atoms with Crippen molar-refractivity contribution in [1.29, 1.82) is 0 Å². The molecule has 0 heterocycles. The summed E-state index contributed by atoms with van der Waals surface area (Å²) >= 11 is 0. The standard InChI is InChI=1S/C30H50O2/c1-19(2)10-9-11-20(3)23-18-26(32)30(8)22-12-13-24-27(4,5)25(31)15-16-28(24,6)21(22)14-17-29(23,30)7/h12,19-21,23-25,31H,9-11,13-18H2,1-8H3/t20-,21+,23-,24?,25+,28-,29-,30-/m1/s1. The number of Topliss-reactive ketones (excluding diaryl/α,β-unsaturated/α-hetero) is 1. The Balaban J connectivity index is 1.66. The van der Waals surface area contributed by atoms with E-state index in [-0.39, 0.29) is 27.8 Å². The van der Waals surface area contributed by atoms with Crippen LogP contribution in [0.4, 0.5) is 0 Å². The maximum absolute atomic E-state index is 13.9. The predicted molar refractivity (Wildman–Crippen MR) is 133 cm³/mol. The maximum atomic E-state index is 13.9. The Kier molecular flexibility index (Phi) is 6.09. The van der Waals surface area contributed by atoms with Crippen LogP contribution < -0.4 is 0 Å². The van der Waals surface area contributed by atoms with E-state index in [4.69, 9.17) is 0 Å². The molecule has 1 unspecified atom stereocenters. The van der Waals surface area contributed by atoms with Crippen molar-refractivity contribution in [1.82, 2.24) is 0 Å². The van der Waals surface area contributed by atoms with E-state index in [2.05, 4.69) is 61.5 Å². The van der Waals surface area contributed by atoms with Crippen molar-refractivity contribution >= 4 is 5.78 Å². The van der Waals surface area contributed by atoms with Gasteiger partial charge in [0.15, 0.2) is 0 Å². The van der Waals surface area contributed by atoms with Gasteiger partial charge in [0.25, 0.3) is 0 Å². The molecule has 4 aliphatic carbocycles. The molecule has 2 heteroatoms. The summed E-state index contributed by atoms with van der Waals surface area (Å²) in [5.41, 5.74) is 1.46. The minimum absolute atomic E-state index is 0.0518. The zero-order chi connectivity index (χ0) is 23.7. The quantitative estimate of drug-likeness (QED) is 0.445. The molecule has 0 aromatic rings. The third-order valence-corrected chi connectivity index (χ3v) is 11.8. The lowest BCUT2D eigenvalue weighted by Crippen LogP contribution is -2.58. The number of fused-ring (bicyclic) bond motifs is 5. The average Bonchev–Trinajstić information content (AvgIpc) is 2.92. The summed E-state index contributed by atoms with van der Waals surface area (Å²) in [5.74, 6) is 3.44. The average molecular weight is 443 g/mol. The first-order valence-electron chi connectivity index (χ1n) is 13.7. The normalized spacial score (nSPS) is 46.3. The summed E-state index contributed by atoms with van der Waals surface area (Å²) in [5, 5.41) is 10.8. The van der Waals surface area contributed by atoms with Crippen LogP contribution in [0.2, 0.25) is 0 Å². The smallest absolute Gasteiger partial charge is 0.143 e. The number of rotatable bonds is 5. The van der Waals surface area contributed by atoms with Gasteiger partial charge in [-0.25, -0.2) is 0 Å². The number of carbonyl (C=O) groups excluding carboxylic acids is 1. The van der Waals surface area contributed by atoms with Crippen LogP contribution in [0.3, 0.4) is 0 Å². The van der Waals surface area contributed by atoms with E-state index in [1.54, 1.807) is 0 Å². The highest BCUT2D eigenvalue weighted by Crippen LogP contribution is 2.72. The number of hydrogen-bond acceptors (Lipinski definition) is 2. The summed E-state index contributed by atoms with van der Waals surface area (Å²) < 4.78 is 0. The Morgan fingerprint density at radius 3 is 2.38 bits per heavy atom. The molecule has 0 aromatic heterocycles. The molecule has 0 bridgehead atoms. The second kappa shape index (κ2) is 7.96. The highest BCUT2D eigenvalue weighted by Gasteiger charge is 2.68. The Bertz CT molecular complexity index is 778. The van der Waals surface area contributed by atoms with Crippen molar-refractivity contribution in [3.05, 3.63) is 11.6 Å². The van der Waals surface area contributed by atoms with Crippen LogP contribution >= 0.6 is 0 Å². The summed E-state index contributed by atoms with van der Waals surface area (Å²) in [4.78, 5) is 13.9. The highest BCUT2D eigenvalue weighted by atomic mass is 16.3. The van der Waals surface area contributed by atoms with Crippen molar-refractivity contribution in [2.45, 2.75) is 119 Å². The predicted octanol–water partition coefficient (Wildman–Crippen LogP) is 7.59. The molecule has 1 N–H and O–H groups in total. The second-order valence-electron chi connectivity index (χ2n) is 14.0. The molecular formula is C30H50O2. The van der Waals surface area contributed by atoms with Gasteiger partial charge in [-0.15, -0.1) is 0 Å². The van der Waals surface area contributed by atoms with Crippen LogP contribution in [0.25, 0.3) is 0 Å². The fourth-order valence-electron chi connectivity index (χ4n) is 9.41. The molecule has 182 valence electrons. The first-order chi connectivity index (χ1) is 14.8. The molecule has 32 heavy (non-hydrogen) atoms. The second-order valence-corrected chi connectivity index (χ2v) is 14.0. The summed E-state index contributed by atoms with van der Waals surface area (Å²) in [6, 6.07) is 0. The van der Waals surface area contributed by atoms with E-state index >= 15 is 0 Å². The van der Waals surface area contributed by atoms with Crippen LogP contribution in [-0.4, -0.2) is 17.0 Å². The van der Waals surface area contributed by atoms with Gasteiger partial charge in [-0.05, 0) is 84.9 Å². The van der Waals surface area contributed by atoms with Gasteiger partial charge in [-0.3, -0.25) is 4.79 Å². The van der Waals surface area contributed by atoms with Crippen LogP contribution in [0, 0.1) is 51.2 Å². The zero-order valence-corrected chi connectivity index (χ0v) is 22.3. The minimum atomic E-state index is -0.291. The van der Waals surface area contributed by atoms with Gasteiger partial charge in [0.05, 0.1) is 11.5 Å². The number of ketones is 1. The van der Waals surface area contributed by atoms with Crippen LogP contribution in [0.15, 0.2) is 11.6 Å². The maximum Gasteiger partial charge on any atom is 0.143 e. The highest BCUT2D eigenvalue weighted by molar-refractivity contribution is 5.92. The number of aliphatic hydroxyl groups is 1. The van der Waals surface area contributed by atoms with Gasteiger partial charge >= 0.3 is 0 Å². The largest absolute Gasteiger partial charge is 0.393 e. The van der Waals surface area contributed by atoms with E-state index in [1.807, 2.05) is 0 Å². The lowest BCUT2D eigenvalue weighted by molar-refractivity contribution is -0.141. The van der Waals surface area contributed by atoms with E-state index < -0.39 is 0 Å². The Morgan fingerprint density at radius 1 is 1.03 bits per heavy atom. The molecule has 0 aromatic carbocycles. The molecular weight excluding hydrogens is 392 g/mol. The number of allylic oxidation sites excluding steroid dienone is 2. The van der Waals surface area contributed by atoms with Gasteiger partial charge in [-0.2, -0.15) is 0 Å². The van der Waals surface area contributed by atoms with Crippen LogP contribution in [0.1, 0.15) is 113 Å². The fraction of sp³-hybridized carbons (Fsp3) is 0.900. The number of aliphatic hydroxyl groups excluding tert-OH is 1. The van der Waals surface area contributed by atoms with Crippen LogP contribution in [0.5, 0.6) is 0 Å². The van der Waals surface area contributed by atoms with Crippen molar-refractivity contribution in [2.24, 2.45) is 51.2 Å². The van der Waals surface area contributed by atoms with Gasteiger partial charge in [0.1, 0.15) is 5.78 Å². The minimum Gasteiger partial charge on any atom is -0.393 e. The molecule has 0 aliphatic heterocycles. The third kappa shape index (κ3) is 3.24. The monoisotopic (exact) mass is 442 g/mol. The van der Waals surface area contributed by atoms with Crippen molar-refractivity contribution in [3.8, 4) is 0 Å². The van der Waals surface area contributed by atoms with Crippen molar-refractivity contribution in [2.75, 3.05) is 0 Å². The molecule has 3 fully saturated rings. The summed E-state index contributed by atoms with van der Waals surface area (Å²) in [6.07, 6.45) is 12.4. The Labute approximate surface area is 198 Å². The van der Waals surface area contributed by atoms with E-state index in [1.165, 1.54) is 37.7 Å².